The molecule has 0 radical (unpaired) electrons. The number of hydrogen-bond acceptors (Lipinski definition) is 2. The maximum atomic E-state index is 5.91. The lowest BCUT2D eigenvalue weighted by molar-refractivity contribution is 0.305. The highest BCUT2D eigenvalue weighted by molar-refractivity contribution is 5.46. The first kappa shape index (κ1) is 11.8. The third-order valence-electron chi connectivity index (χ3n) is 2.39. The van der Waals surface area contributed by atoms with Gasteiger partial charge in [0, 0.05) is 18.8 Å². The van der Waals surface area contributed by atoms with Gasteiger partial charge in [-0.05, 0) is 25.1 Å². The average molecular weight is 204 g/mol. The maximum Gasteiger partial charge on any atom is 0.0359 e. The van der Waals surface area contributed by atoms with Crippen LogP contribution < -0.4 is 5.73 Å². The second kappa shape index (κ2) is 5.56. The van der Waals surface area contributed by atoms with Crippen LogP contribution in [0.15, 0.2) is 36.4 Å². The molecule has 0 saturated carbocycles. The van der Waals surface area contributed by atoms with Crippen molar-refractivity contribution >= 4 is 5.69 Å². The lowest BCUT2D eigenvalue weighted by Crippen LogP contribution is -2.24. The number of anilines is 1. The summed E-state index contributed by atoms with van der Waals surface area (Å²) in [4.78, 5) is 2.33. The minimum Gasteiger partial charge on any atom is -0.398 e. The number of rotatable bonds is 5. The van der Waals surface area contributed by atoms with E-state index in [2.05, 4.69) is 31.4 Å². The van der Waals surface area contributed by atoms with Gasteiger partial charge in [0.1, 0.15) is 0 Å². The number of benzene rings is 1. The van der Waals surface area contributed by atoms with E-state index in [1.807, 2.05) is 18.2 Å². The molecule has 0 bridgehead atoms. The molecule has 15 heavy (non-hydrogen) atoms. The summed E-state index contributed by atoms with van der Waals surface area (Å²) in [6.45, 7) is 11.0. The van der Waals surface area contributed by atoms with Gasteiger partial charge in [-0.3, -0.25) is 4.90 Å². The molecule has 0 spiro atoms. The molecule has 0 atom stereocenters. The molecule has 0 aliphatic heterocycles. The molecule has 1 rings (SSSR count). The van der Waals surface area contributed by atoms with Crippen LogP contribution in [-0.4, -0.2) is 18.0 Å². The molecule has 0 aliphatic carbocycles. The minimum absolute atomic E-state index is 0.873. The topological polar surface area (TPSA) is 29.3 Å². The van der Waals surface area contributed by atoms with Gasteiger partial charge in [-0.25, -0.2) is 0 Å². The fourth-order valence-electron chi connectivity index (χ4n) is 1.58. The van der Waals surface area contributed by atoms with Gasteiger partial charge in [-0.2, -0.15) is 0 Å². The van der Waals surface area contributed by atoms with E-state index in [0.29, 0.717) is 0 Å². The fourth-order valence-corrected chi connectivity index (χ4v) is 1.58. The Morgan fingerprint density at radius 1 is 1.40 bits per heavy atom. The standard InChI is InChI=1S/C13H20N2/c1-4-15(9-11(2)3)10-12-7-5-6-8-13(12)14/h5-8H,2,4,9-10,14H2,1,3H3. The molecule has 0 aliphatic rings. The van der Waals surface area contributed by atoms with Crippen molar-refractivity contribution in [2.75, 3.05) is 18.8 Å². The second-order valence-corrected chi connectivity index (χ2v) is 3.96. The number of nitrogens with zero attached hydrogens (tertiary/aromatic N) is 1. The van der Waals surface area contributed by atoms with E-state index < -0.39 is 0 Å². The van der Waals surface area contributed by atoms with E-state index in [1.165, 1.54) is 11.1 Å². The van der Waals surface area contributed by atoms with E-state index in [-0.39, 0.29) is 0 Å². The zero-order valence-electron chi connectivity index (χ0n) is 9.66. The van der Waals surface area contributed by atoms with Crippen LogP contribution in [0.25, 0.3) is 0 Å². The average Bonchev–Trinajstić information content (AvgIpc) is 2.19. The van der Waals surface area contributed by atoms with Gasteiger partial charge in [0.25, 0.3) is 0 Å². The van der Waals surface area contributed by atoms with Crippen molar-refractivity contribution in [3.63, 3.8) is 0 Å². The van der Waals surface area contributed by atoms with Crippen molar-refractivity contribution in [3.8, 4) is 0 Å². The smallest absolute Gasteiger partial charge is 0.0359 e. The quantitative estimate of drug-likeness (QED) is 0.590. The van der Waals surface area contributed by atoms with Crippen LogP contribution in [0.2, 0.25) is 0 Å². The van der Waals surface area contributed by atoms with Crippen molar-refractivity contribution in [1.29, 1.82) is 0 Å². The van der Waals surface area contributed by atoms with Gasteiger partial charge in [-0.15, -0.1) is 0 Å². The number of hydrogen-bond donors (Lipinski definition) is 1. The monoisotopic (exact) mass is 204 g/mol. The van der Waals surface area contributed by atoms with Crippen LogP contribution in [0.1, 0.15) is 19.4 Å². The van der Waals surface area contributed by atoms with Crippen LogP contribution in [-0.2, 0) is 6.54 Å². The third-order valence-corrected chi connectivity index (χ3v) is 2.39. The SMILES string of the molecule is C=C(C)CN(CC)Cc1ccccc1N. The van der Waals surface area contributed by atoms with E-state index in [4.69, 9.17) is 5.73 Å². The predicted octanol–water partition coefficient (Wildman–Crippen LogP) is 2.67. The largest absolute Gasteiger partial charge is 0.398 e. The summed E-state index contributed by atoms with van der Waals surface area (Å²) >= 11 is 0. The molecular formula is C13H20N2. The number of para-hydroxylation sites is 1. The molecule has 82 valence electrons. The first-order valence-corrected chi connectivity index (χ1v) is 5.33. The van der Waals surface area contributed by atoms with Crippen molar-refractivity contribution in [1.82, 2.24) is 4.90 Å². The first-order chi connectivity index (χ1) is 7.13. The van der Waals surface area contributed by atoms with Gasteiger partial charge >= 0.3 is 0 Å². The van der Waals surface area contributed by atoms with Crippen molar-refractivity contribution in [2.45, 2.75) is 20.4 Å². The van der Waals surface area contributed by atoms with E-state index in [1.54, 1.807) is 0 Å². The minimum atomic E-state index is 0.873. The Labute approximate surface area is 92.4 Å². The summed E-state index contributed by atoms with van der Waals surface area (Å²) in [6.07, 6.45) is 0. The zero-order valence-corrected chi connectivity index (χ0v) is 9.66. The molecule has 0 amide bonds. The summed E-state index contributed by atoms with van der Waals surface area (Å²) in [5.41, 5.74) is 9.16. The highest BCUT2D eigenvalue weighted by atomic mass is 15.1. The number of likely N-dealkylation sites (N-methyl/N-ethyl adjacent to an activating group) is 1. The Balaban J connectivity index is 2.66. The van der Waals surface area contributed by atoms with Crippen molar-refractivity contribution in [2.24, 2.45) is 0 Å². The van der Waals surface area contributed by atoms with Gasteiger partial charge in [0.05, 0.1) is 0 Å². The Morgan fingerprint density at radius 3 is 2.60 bits per heavy atom. The highest BCUT2D eigenvalue weighted by Gasteiger charge is 2.05. The zero-order chi connectivity index (χ0) is 11.3. The lowest BCUT2D eigenvalue weighted by atomic mass is 10.1. The summed E-state index contributed by atoms with van der Waals surface area (Å²) in [6, 6.07) is 8.02. The molecule has 0 saturated heterocycles. The lowest BCUT2D eigenvalue weighted by Gasteiger charge is -2.21. The van der Waals surface area contributed by atoms with E-state index >= 15 is 0 Å². The Kier molecular flexibility index (Phi) is 4.37. The fraction of sp³-hybridized carbons (Fsp3) is 0.385. The first-order valence-electron chi connectivity index (χ1n) is 5.33. The van der Waals surface area contributed by atoms with E-state index in [0.717, 1.165) is 25.3 Å². The predicted molar refractivity (Wildman–Crippen MR) is 66.6 cm³/mol. The van der Waals surface area contributed by atoms with Crippen molar-refractivity contribution < 1.29 is 0 Å². The number of nitrogen functional groups attached to an aromatic ring is 1. The maximum absolute atomic E-state index is 5.91. The highest BCUT2D eigenvalue weighted by Crippen LogP contribution is 2.13. The van der Waals surface area contributed by atoms with Gasteiger partial charge in [0.2, 0.25) is 0 Å². The van der Waals surface area contributed by atoms with Crippen LogP contribution in [0.3, 0.4) is 0 Å². The van der Waals surface area contributed by atoms with Crippen LogP contribution in [0.5, 0.6) is 0 Å². The molecule has 1 aromatic carbocycles. The number of nitrogens with two attached hydrogens (primary N) is 1. The molecule has 0 fully saturated rings. The van der Waals surface area contributed by atoms with E-state index in [9.17, 15) is 0 Å². The molecule has 0 heterocycles. The third kappa shape index (κ3) is 3.76. The molecule has 2 heteroatoms. The molecule has 1 aromatic rings. The Bertz CT molecular complexity index is 331. The van der Waals surface area contributed by atoms with Crippen LogP contribution in [0, 0.1) is 0 Å². The normalized spacial score (nSPS) is 10.6. The summed E-state index contributed by atoms with van der Waals surface area (Å²) in [5.74, 6) is 0. The summed E-state index contributed by atoms with van der Waals surface area (Å²) < 4.78 is 0. The molecule has 2 N–H and O–H groups in total. The Hall–Kier alpha value is -1.28. The molecule has 0 aromatic heterocycles. The van der Waals surface area contributed by atoms with Gasteiger partial charge in [-0.1, -0.05) is 37.3 Å². The summed E-state index contributed by atoms with van der Waals surface area (Å²) in [7, 11) is 0. The molecule has 0 unspecified atom stereocenters. The summed E-state index contributed by atoms with van der Waals surface area (Å²) in [5, 5.41) is 0. The van der Waals surface area contributed by atoms with Crippen molar-refractivity contribution in [3.05, 3.63) is 42.0 Å². The second-order valence-electron chi connectivity index (χ2n) is 3.96. The molecular weight excluding hydrogens is 184 g/mol. The molecule has 2 nitrogen and oxygen atoms in total. The van der Waals surface area contributed by atoms with Crippen LogP contribution in [0.4, 0.5) is 5.69 Å². The Morgan fingerprint density at radius 2 is 2.07 bits per heavy atom. The van der Waals surface area contributed by atoms with Crippen LogP contribution >= 0.6 is 0 Å². The van der Waals surface area contributed by atoms with Gasteiger partial charge < -0.3 is 5.73 Å². The van der Waals surface area contributed by atoms with Gasteiger partial charge in [0.15, 0.2) is 0 Å².